The second-order valence-corrected chi connectivity index (χ2v) is 21.1. The van der Waals surface area contributed by atoms with Crippen LogP contribution in [-0.2, 0) is 71.3 Å². The fourth-order valence-electron chi connectivity index (χ4n) is 10.8. The molecular formula is C52H85N5O22. The molecule has 4 aliphatic heterocycles. The quantitative estimate of drug-likeness (QED) is 0.0289. The maximum atomic E-state index is 14.7. The van der Waals surface area contributed by atoms with Gasteiger partial charge in [0.2, 0.25) is 12.2 Å². The minimum absolute atomic E-state index is 0.215. The molecule has 8 N–H and O–H groups in total. The first-order valence-corrected chi connectivity index (χ1v) is 27.3. The number of amides is 1. The van der Waals surface area contributed by atoms with Gasteiger partial charge < -0.3 is 83.5 Å². The monoisotopic (exact) mass is 1130 g/mol. The van der Waals surface area contributed by atoms with Crippen LogP contribution in [-0.4, -0.2) is 227 Å². The number of aromatic nitrogens is 2. The van der Waals surface area contributed by atoms with E-state index in [9.17, 15) is 59.1 Å². The summed E-state index contributed by atoms with van der Waals surface area (Å²) in [5.41, 5.74) is 3.94. The summed E-state index contributed by atoms with van der Waals surface area (Å²) in [5, 5.41) is 55.2. The average Bonchev–Trinajstić information content (AvgIpc) is 3.93. The number of esters is 3. The molecule has 7 unspecified atom stereocenters. The van der Waals surface area contributed by atoms with Gasteiger partial charge in [-0.15, -0.1) is 0 Å². The molecule has 19 atom stereocenters. The molecule has 79 heavy (non-hydrogen) atoms. The molecule has 4 saturated heterocycles. The summed E-state index contributed by atoms with van der Waals surface area (Å²) in [4.78, 5) is 97.5. The van der Waals surface area contributed by atoms with E-state index in [0.29, 0.717) is 6.42 Å². The van der Waals surface area contributed by atoms with Crippen molar-refractivity contribution < 1.29 is 96.9 Å². The molecule has 0 aromatic carbocycles. The summed E-state index contributed by atoms with van der Waals surface area (Å²) < 4.78 is 58.7. The molecule has 0 saturated carbocycles. The number of carbonyl (C=O) groups excluding carboxylic acids is 4. The van der Waals surface area contributed by atoms with Gasteiger partial charge in [-0.3, -0.25) is 38.4 Å². The van der Waals surface area contributed by atoms with E-state index in [1.165, 1.54) is 52.5 Å². The Labute approximate surface area is 459 Å². The first kappa shape index (κ1) is 65.3. The van der Waals surface area contributed by atoms with Gasteiger partial charge in [-0.2, -0.15) is 0 Å². The number of H-pyrrole nitrogens is 1. The van der Waals surface area contributed by atoms with Crippen LogP contribution >= 0.6 is 0 Å². The van der Waals surface area contributed by atoms with Gasteiger partial charge in [0, 0.05) is 66.6 Å². The van der Waals surface area contributed by atoms with Gasteiger partial charge in [0.1, 0.15) is 79.3 Å². The number of methoxy groups -OCH3 is 3. The van der Waals surface area contributed by atoms with Gasteiger partial charge in [0.05, 0.1) is 12.5 Å². The first-order chi connectivity index (χ1) is 37.6. The number of carboxylic acids is 1. The van der Waals surface area contributed by atoms with Crippen LogP contribution in [0.2, 0.25) is 0 Å². The van der Waals surface area contributed by atoms with Crippen molar-refractivity contribution >= 4 is 29.8 Å². The molecule has 1 amide bonds. The van der Waals surface area contributed by atoms with Gasteiger partial charge in [0.15, 0.2) is 18.6 Å². The van der Waals surface area contributed by atoms with Gasteiger partial charge >= 0.3 is 29.6 Å². The number of aliphatic carboxylic acids is 1. The molecule has 4 fully saturated rings. The van der Waals surface area contributed by atoms with Crippen LogP contribution in [0.3, 0.4) is 0 Å². The van der Waals surface area contributed by atoms with Crippen LogP contribution in [0.1, 0.15) is 117 Å². The van der Waals surface area contributed by atoms with Crippen LogP contribution in [0.5, 0.6) is 0 Å². The van der Waals surface area contributed by atoms with E-state index in [1.54, 1.807) is 13.8 Å². The molecule has 4 aliphatic rings. The largest absolute Gasteiger partial charge is 0.480 e. The number of rotatable bonds is 30. The number of aliphatic hydroxyl groups excluding tert-OH is 4. The number of nitrogens with two attached hydrogens (primary N) is 1. The number of nitrogens with one attached hydrogen (secondary N) is 1. The fraction of sp³-hybridized carbons (Fsp3) is 0.827. The topological polar surface area (TPSA) is 366 Å². The lowest BCUT2D eigenvalue weighted by molar-refractivity contribution is -0.297. The third-order valence-electron chi connectivity index (χ3n) is 15.1. The van der Waals surface area contributed by atoms with Crippen molar-refractivity contribution in [2.45, 2.75) is 221 Å². The Morgan fingerprint density at radius 2 is 1.37 bits per heavy atom. The SMILES string of the molecule is CCCCCCCCCCCCC(CC(=O)O[C@H]1CN(C)[C@@H]([C@H](O[C@@H]2O[C@H](CN)[C@@H](O)[C@H]2O)[C@H]2O[C@@H](n3ccc(=O)[nH]c3=O)[C@H](O)[C@@H]2O)C(=O)N(C)[C@@H]1C(=O)O)OC(=O)CC(C)CC(=O)OC1OC(C)C(OC)C(OC)C1OC. The Morgan fingerprint density at radius 3 is 1.95 bits per heavy atom. The fourth-order valence-corrected chi connectivity index (χ4v) is 10.8. The number of carboxylic acid groups (broad SMARTS) is 1. The van der Waals surface area contributed by atoms with E-state index < -0.39 is 170 Å². The van der Waals surface area contributed by atoms with Gasteiger partial charge in [-0.05, 0) is 32.7 Å². The van der Waals surface area contributed by atoms with Crippen molar-refractivity contribution in [2.75, 3.05) is 48.5 Å². The summed E-state index contributed by atoms with van der Waals surface area (Å²) in [6.07, 6.45) is -11.3. The molecule has 0 spiro atoms. The van der Waals surface area contributed by atoms with Crippen molar-refractivity contribution in [3.63, 3.8) is 0 Å². The van der Waals surface area contributed by atoms with Crippen molar-refractivity contribution in [2.24, 2.45) is 11.7 Å². The third kappa shape index (κ3) is 17.0. The smallest absolute Gasteiger partial charge is 0.330 e. The number of nitrogens with zero attached hydrogens (tertiary/aromatic N) is 3. The number of aromatic amines is 1. The number of ether oxygens (including phenoxy) is 10. The van der Waals surface area contributed by atoms with Gasteiger partial charge in [0.25, 0.3) is 5.56 Å². The Kier molecular flexibility index (Phi) is 25.7. The maximum absolute atomic E-state index is 14.7. The minimum atomic E-state index is -1.97. The highest BCUT2D eigenvalue weighted by atomic mass is 16.7. The zero-order valence-corrected chi connectivity index (χ0v) is 46.5. The summed E-state index contributed by atoms with van der Waals surface area (Å²) in [5.74, 6) is -5.57. The molecule has 1 aromatic heterocycles. The van der Waals surface area contributed by atoms with Crippen molar-refractivity contribution in [1.82, 2.24) is 19.4 Å². The van der Waals surface area contributed by atoms with E-state index in [0.717, 1.165) is 67.3 Å². The predicted molar refractivity (Wildman–Crippen MR) is 275 cm³/mol. The third-order valence-corrected chi connectivity index (χ3v) is 15.1. The molecule has 27 nitrogen and oxygen atoms in total. The van der Waals surface area contributed by atoms with Gasteiger partial charge in [-0.1, -0.05) is 71.6 Å². The molecule has 0 aliphatic carbocycles. The molecule has 450 valence electrons. The summed E-state index contributed by atoms with van der Waals surface area (Å²) in [7, 11) is 6.87. The predicted octanol–water partition coefficient (Wildman–Crippen LogP) is -0.554. The van der Waals surface area contributed by atoms with E-state index in [-0.39, 0.29) is 25.8 Å². The highest BCUT2D eigenvalue weighted by Gasteiger charge is 2.57. The average molecular weight is 1130 g/mol. The van der Waals surface area contributed by atoms with E-state index >= 15 is 0 Å². The van der Waals surface area contributed by atoms with Crippen LogP contribution < -0.4 is 17.0 Å². The summed E-state index contributed by atoms with van der Waals surface area (Å²) >= 11 is 0. The van der Waals surface area contributed by atoms with Crippen LogP contribution in [0, 0.1) is 5.92 Å². The van der Waals surface area contributed by atoms with Crippen LogP contribution in [0.4, 0.5) is 0 Å². The molecule has 27 heteroatoms. The number of hydrogen-bond donors (Lipinski definition) is 7. The van der Waals surface area contributed by atoms with E-state index in [2.05, 4.69) is 6.92 Å². The first-order valence-electron chi connectivity index (χ1n) is 27.3. The van der Waals surface area contributed by atoms with Crippen molar-refractivity contribution in [3.05, 3.63) is 33.1 Å². The van der Waals surface area contributed by atoms with Crippen LogP contribution in [0.15, 0.2) is 21.9 Å². The molecular weight excluding hydrogens is 1050 g/mol. The van der Waals surface area contributed by atoms with Crippen LogP contribution in [0.25, 0.3) is 0 Å². The van der Waals surface area contributed by atoms with Crippen molar-refractivity contribution in [1.29, 1.82) is 0 Å². The molecule has 0 bridgehead atoms. The number of likely N-dealkylation sites (N-methyl/N-ethyl adjacent to an activating group) is 2. The summed E-state index contributed by atoms with van der Waals surface area (Å²) in [6, 6.07) is -2.60. The molecule has 0 radical (unpaired) electrons. The number of aliphatic hydroxyl groups is 4. The normalized spacial score (nSPS) is 32.5. The Hall–Kier alpha value is -4.49. The molecule has 1 aromatic rings. The number of hydrogen-bond acceptors (Lipinski definition) is 23. The van der Waals surface area contributed by atoms with E-state index in [4.69, 9.17) is 53.1 Å². The lowest BCUT2D eigenvalue weighted by Crippen LogP contribution is -2.59. The highest BCUT2D eigenvalue weighted by molar-refractivity contribution is 5.88. The Balaban J connectivity index is 1.33. The number of carbonyl (C=O) groups is 5. The summed E-state index contributed by atoms with van der Waals surface area (Å²) in [6.45, 7) is 4.76. The zero-order valence-electron chi connectivity index (χ0n) is 46.5. The maximum Gasteiger partial charge on any atom is 0.330 e. The second-order valence-electron chi connectivity index (χ2n) is 21.1. The standard InChI is InChI=1S/C52H85N5O22/c1-9-10-11-12-13-14-15-16-17-18-19-29(74-33(59)22-27(2)23-34(60)77-51-46(72-8)45(71-7)42(70-6)28(3)73-51)24-35(61)75-31-26-55(4)37(47(66)56(5)36(31)49(67)68)43(79-50-41(65)38(62)30(25-53)76-50)44-39(63)40(64)48(78-44)57-21-20-32(58)54-52(57)69/h20-21,27-31,36-46,48,50-51,62-65H,9-19,22-26,53H2,1-8H3,(H,67,68)(H,54,58,69)/t27?,28?,29?,30-,31+,36+,37+,38-,39+,40-,41-,42?,43+,44+,45?,46?,48-,50+,51?/m1/s1. The zero-order chi connectivity index (χ0) is 58.2. The minimum Gasteiger partial charge on any atom is -0.480 e. The van der Waals surface area contributed by atoms with Crippen molar-refractivity contribution in [3.8, 4) is 0 Å². The molecule has 5 rings (SSSR count). The van der Waals surface area contributed by atoms with E-state index in [1.807, 2.05) is 4.98 Å². The molecule has 5 heterocycles. The lowest BCUT2D eigenvalue weighted by Gasteiger charge is -2.43. The Bertz CT molecular complexity index is 2240. The highest BCUT2D eigenvalue weighted by Crippen LogP contribution is 2.37. The Morgan fingerprint density at radius 1 is 0.759 bits per heavy atom. The van der Waals surface area contributed by atoms with Gasteiger partial charge in [-0.25, -0.2) is 9.59 Å². The number of unbranched alkanes of at least 4 members (excludes halogenated alkanes) is 9. The second kappa shape index (κ2) is 31.1. The lowest BCUT2D eigenvalue weighted by atomic mass is 9.97.